The van der Waals surface area contributed by atoms with Gasteiger partial charge in [0, 0.05) is 35.8 Å². The SMILES string of the molecule is O=c1c2ccccc2c(-c2ccc(O)cc2)nn1-c1cc(N2CCOCC2)ccc1[N+](=O)[O-]. The third kappa shape index (κ3) is 3.79. The van der Waals surface area contributed by atoms with Crippen molar-refractivity contribution in [2.45, 2.75) is 0 Å². The number of fused-ring (bicyclic) bond motifs is 1. The lowest BCUT2D eigenvalue weighted by Crippen LogP contribution is -2.36. The third-order valence-corrected chi connectivity index (χ3v) is 5.71. The van der Waals surface area contributed by atoms with Gasteiger partial charge in [0.15, 0.2) is 0 Å². The maximum atomic E-state index is 13.4. The Morgan fingerprint density at radius 3 is 2.36 bits per heavy atom. The first-order valence-corrected chi connectivity index (χ1v) is 10.5. The summed E-state index contributed by atoms with van der Waals surface area (Å²) in [6, 6.07) is 18.2. The molecule has 5 rings (SSSR count). The van der Waals surface area contributed by atoms with E-state index in [2.05, 4.69) is 10.00 Å². The fourth-order valence-corrected chi connectivity index (χ4v) is 4.04. The Hall–Kier alpha value is -4.24. The van der Waals surface area contributed by atoms with E-state index in [0.717, 1.165) is 10.4 Å². The monoisotopic (exact) mass is 444 g/mol. The van der Waals surface area contributed by atoms with Crippen LogP contribution in [0.5, 0.6) is 5.75 Å². The first kappa shape index (κ1) is 20.7. The maximum Gasteiger partial charge on any atom is 0.295 e. The summed E-state index contributed by atoms with van der Waals surface area (Å²) in [4.78, 5) is 26.8. The summed E-state index contributed by atoms with van der Waals surface area (Å²) < 4.78 is 6.51. The Bertz CT molecular complexity index is 1410. The summed E-state index contributed by atoms with van der Waals surface area (Å²) in [5.74, 6) is 0.102. The number of phenols is 1. The molecule has 0 amide bonds. The molecule has 9 nitrogen and oxygen atoms in total. The molecule has 1 aromatic heterocycles. The van der Waals surface area contributed by atoms with E-state index in [9.17, 15) is 20.0 Å². The zero-order chi connectivity index (χ0) is 22.9. The Labute approximate surface area is 188 Å². The number of hydrogen-bond donors (Lipinski definition) is 1. The van der Waals surface area contributed by atoms with Gasteiger partial charge in [-0.3, -0.25) is 14.9 Å². The van der Waals surface area contributed by atoms with Crippen molar-refractivity contribution in [1.29, 1.82) is 0 Å². The Morgan fingerprint density at radius 1 is 0.970 bits per heavy atom. The second-order valence-electron chi connectivity index (χ2n) is 7.69. The number of ether oxygens (including phenoxy) is 1. The molecular weight excluding hydrogens is 424 g/mol. The van der Waals surface area contributed by atoms with Gasteiger partial charge in [-0.2, -0.15) is 9.78 Å². The number of nitrogens with zero attached hydrogens (tertiary/aromatic N) is 4. The molecule has 0 bridgehead atoms. The van der Waals surface area contributed by atoms with Crippen LogP contribution in [0.1, 0.15) is 0 Å². The number of rotatable bonds is 4. The fourth-order valence-electron chi connectivity index (χ4n) is 4.04. The molecule has 1 saturated heterocycles. The second kappa shape index (κ2) is 8.36. The first-order valence-electron chi connectivity index (χ1n) is 10.5. The number of nitro groups is 1. The van der Waals surface area contributed by atoms with E-state index in [1.807, 2.05) is 0 Å². The standard InChI is InChI=1S/C24H20N4O5/c29-18-8-5-16(6-9-18)23-19-3-1-2-4-20(19)24(30)27(25-23)22-15-17(7-10-21(22)28(31)32)26-11-13-33-14-12-26/h1-10,15,29H,11-14H2. The molecule has 9 heteroatoms. The van der Waals surface area contributed by atoms with Crippen LogP contribution in [0, 0.1) is 10.1 Å². The van der Waals surface area contributed by atoms with Crippen molar-refractivity contribution in [3.8, 4) is 22.7 Å². The van der Waals surface area contributed by atoms with Crippen molar-refractivity contribution in [3.63, 3.8) is 0 Å². The molecule has 33 heavy (non-hydrogen) atoms. The summed E-state index contributed by atoms with van der Waals surface area (Å²) in [7, 11) is 0. The lowest BCUT2D eigenvalue weighted by atomic mass is 10.0. The summed E-state index contributed by atoms with van der Waals surface area (Å²) >= 11 is 0. The van der Waals surface area contributed by atoms with E-state index >= 15 is 0 Å². The van der Waals surface area contributed by atoms with Gasteiger partial charge in [0.25, 0.3) is 11.2 Å². The van der Waals surface area contributed by atoms with Gasteiger partial charge in [0.2, 0.25) is 0 Å². The molecule has 0 spiro atoms. The first-order chi connectivity index (χ1) is 16.0. The number of phenolic OH excluding ortho intramolecular Hbond substituents is 1. The van der Waals surface area contributed by atoms with Gasteiger partial charge >= 0.3 is 0 Å². The molecule has 1 aliphatic rings. The van der Waals surface area contributed by atoms with Crippen molar-refractivity contribution in [2.24, 2.45) is 0 Å². The minimum atomic E-state index is -0.512. The highest BCUT2D eigenvalue weighted by Gasteiger charge is 2.23. The number of anilines is 1. The number of aromatic nitrogens is 2. The number of morpholine rings is 1. The minimum Gasteiger partial charge on any atom is -0.508 e. The molecule has 2 heterocycles. The van der Waals surface area contributed by atoms with Gasteiger partial charge in [-0.1, -0.05) is 18.2 Å². The van der Waals surface area contributed by atoms with Crippen LogP contribution in [0.3, 0.4) is 0 Å². The predicted molar refractivity (Wildman–Crippen MR) is 124 cm³/mol. The van der Waals surface area contributed by atoms with Crippen LogP contribution in [-0.2, 0) is 4.74 Å². The van der Waals surface area contributed by atoms with Crippen LogP contribution in [0.2, 0.25) is 0 Å². The molecule has 0 radical (unpaired) electrons. The molecule has 1 fully saturated rings. The molecule has 0 saturated carbocycles. The van der Waals surface area contributed by atoms with Crippen LogP contribution < -0.4 is 10.5 Å². The van der Waals surface area contributed by atoms with Crippen LogP contribution in [-0.4, -0.2) is 46.1 Å². The molecule has 4 aromatic rings. The molecule has 0 atom stereocenters. The molecule has 1 aliphatic heterocycles. The van der Waals surface area contributed by atoms with Crippen LogP contribution in [0.4, 0.5) is 11.4 Å². The predicted octanol–water partition coefficient (Wildman–Crippen LogP) is 3.50. The van der Waals surface area contributed by atoms with Gasteiger partial charge in [-0.05, 0) is 42.5 Å². The average molecular weight is 444 g/mol. The Balaban J connectivity index is 1.77. The van der Waals surface area contributed by atoms with Crippen LogP contribution >= 0.6 is 0 Å². The van der Waals surface area contributed by atoms with Crippen molar-refractivity contribution in [2.75, 3.05) is 31.2 Å². The van der Waals surface area contributed by atoms with Crippen LogP contribution in [0.15, 0.2) is 71.5 Å². The van der Waals surface area contributed by atoms with Gasteiger partial charge in [-0.25, -0.2) is 0 Å². The van der Waals surface area contributed by atoms with Gasteiger partial charge in [0.1, 0.15) is 11.4 Å². The lowest BCUT2D eigenvalue weighted by molar-refractivity contribution is -0.384. The average Bonchev–Trinajstić information content (AvgIpc) is 2.85. The number of aromatic hydroxyl groups is 1. The number of hydrogen-bond acceptors (Lipinski definition) is 7. The van der Waals surface area contributed by atoms with Gasteiger partial charge in [-0.15, -0.1) is 0 Å². The molecule has 0 unspecified atom stereocenters. The Morgan fingerprint density at radius 2 is 1.67 bits per heavy atom. The quantitative estimate of drug-likeness (QED) is 0.379. The highest BCUT2D eigenvalue weighted by atomic mass is 16.6. The summed E-state index contributed by atoms with van der Waals surface area (Å²) in [6.45, 7) is 2.42. The molecule has 1 N–H and O–H groups in total. The van der Waals surface area contributed by atoms with E-state index in [-0.39, 0.29) is 17.1 Å². The second-order valence-corrected chi connectivity index (χ2v) is 7.69. The topological polar surface area (TPSA) is 111 Å². The highest BCUT2D eigenvalue weighted by Crippen LogP contribution is 2.31. The van der Waals surface area contributed by atoms with Crippen molar-refractivity contribution < 1.29 is 14.8 Å². The van der Waals surface area contributed by atoms with E-state index in [1.54, 1.807) is 48.5 Å². The summed E-state index contributed by atoms with van der Waals surface area (Å²) in [5, 5.41) is 27.1. The number of benzene rings is 3. The molecular formula is C24H20N4O5. The normalized spacial score (nSPS) is 13.9. The number of nitro benzene ring substituents is 1. The highest BCUT2D eigenvalue weighted by molar-refractivity contribution is 5.94. The lowest BCUT2D eigenvalue weighted by Gasteiger charge is -2.29. The van der Waals surface area contributed by atoms with Gasteiger partial charge in [0.05, 0.1) is 29.2 Å². The smallest absolute Gasteiger partial charge is 0.295 e. The third-order valence-electron chi connectivity index (χ3n) is 5.71. The summed E-state index contributed by atoms with van der Waals surface area (Å²) in [6.07, 6.45) is 0. The zero-order valence-corrected chi connectivity index (χ0v) is 17.5. The van der Waals surface area contributed by atoms with E-state index < -0.39 is 10.5 Å². The van der Waals surface area contributed by atoms with Crippen molar-refractivity contribution in [1.82, 2.24) is 9.78 Å². The van der Waals surface area contributed by atoms with Crippen molar-refractivity contribution in [3.05, 3.63) is 87.2 Å². The maximum absolute atomic E-state index is 13.4. The molecule has 166 valence electrons. The van der Waals surface area contributed by atoms with Crippen LogP contribution in [0.25, 0.3) is 27.7 Å². The zero-order valence-electron chi connectivity index (χ0n) is 17.5. The minimum absolute atomic E-state index is 0.0970. The fraction of sp³-hybridized carbons (Fsp3) is 0.167. The van der Waals surface area contributed by atoms with E-state index in [1.165, 1.54) is 18.2 Å². The summed E-state index contributed by atoms with van der Waals surface area (Å²) in [5.41, 5.74) is 1.34. The Kier molecular flexibility index (Phi) is 5.23. The molecule has 0 aliphatic carbocycles. The van der Waals surface area contributed by atoms with Crippen molar-refractivity contribution >= 4 is 22.1 Å². The van der Waals surface area contributed by atoms with Gasteiger partial charge < -0.3 is 14.7 Å². The largest absolute Gasteiger partial charge is 0.508 e. The molecule has 3 aromatic carbocycles. The van der Waals surface area contributed by atoms with E-state index in [4.69, 9.17) is 4.74 Å². The van der Waals surface area contributed by atoms with E-state index in [0.29, 0.717) is 48.3 Å².